The Kier molecular flexibility index (Phi) is 14.2. The summed E-state index contributed by atoms with van der Waals surface area (Å²) in [5.74, 6) is 1.54. The van der Waals surface area contributed by atoms with Gasteiger partial charge in [-0.25, -0.2) is 4.99 Å². The first-order valence-corrected chi connectivity index (χ1v) is 11.1. The predicted molar refractivity (Wildman–Crippen MR) is 145 cm³/mol. The maximum atomic E-state index is 11.8. The maximum absolute atomic E-state index is 11.8. The van der Waals surface area contributed by atoms with Crippen LogP contribution in [0.5, 0.6) is 5.75 Å². The number of hydrogen-bond donors (Lipinski definition) is 3. The number of ether oxygens (including phenoxy) is 2. The highest BCUT2D eigenvalue weighted by Crippen LogP contribution is 2.21. The van der Waals surface area contributed by atoms with E-state index in [4.69, 9.17) is 14.5 Å². The molecule has 0 aromatic heterocycles. The molecule has 0 saturated heterocycles. The van der Waals surface area contributed by atoms with E-state index >= 15 is 0 Å². The van der Waals surface area contributed by atoms with E-state index < -0.39 is 0 Å². The molecular formula is C25H37IN4O3. The lowest BCUT2D eigenvalue weighted by Crippen LogP contribution is -2.38. The molecule has 0 atom stereocenters. The fourth-order valence-corrected chi connectivity index (χ4v) is 3.16. The minimum Gasteiger partial charge on any atom is -0.493 e. The standard InChI is InChI=1S/C25H36N4O3.HI/c1-5-27-25(28-13-12-20-8-6-9-21(17-20)24(30)26-3)29-18-22-11-10-19(2)16-23(22)32-15-7-14-31-4;/h6,8-11,16-17H,5,7,12-15,18H2,1-4H3,(H,26,30)(H2,27,28,29);1H. The summed E-state index contributed by atoms with van der Waals surface area (Å²) in [5, 5.41) is 9.32. The fraction of sp³-hybridized carbons (Fsp3) is 0.440. The molecule has 0 aliphatic heterocycles. The number of hydrogen-bond acceptors (Lipinski definition) is 4. The number of carbonyl (C=O) groups is 1. The highest BCUT2D eigenvalue weighted by atomic mass is 127. The van der Waals surface area contributed by atoms with E-state index in [9.17, 15) is 4.79 Å². The Balaban J connectivity index is 0.00000544. The van der Waals surface area contributed by atoms with Crippen LogP contribution in [-0.2, 0) is 17.7 Å². The Hall–Kier alpha value is -2.33. The van der Waals surface area contributed by atoms with Crippen molar-refractivity contribution in [2.24, 2.45) is 4.99 Å². The third-order valence-corrected chi connectivity index (χ3v) is 4.85. The maximum Gasteiger partial charge on any atom is 0.251 e. The normalized spacial score (nSPS) is 10.8. The lowest BCUT2D eigenvalue weighted by atomic mass is 10.1. The average Bonchev–Trinajstić information content (AvgIpc) is 2.80. The molecule has 7 nitrogen and oxygen atoms in total. The molecule has 1 amide bonds. The van der Waals surface area contributed by atoms with Gasteiger partial charge in [0, 0.05) is 51.4 Å². The van der Waals surface area contributed by atoms with Gasteiger partial charge in [0.05, 0.1) is 13.2 Å². The molecule has 0 bridgehead atoms. The molecule has 0 radical (unpaired) electrons. The van der Waals surface area contributed by atoms with Crippen LogP contribution >= 0.6 is 24.0 Å². The number of carbonyl (C=O) groups excluding carboxylic acids is 1. The SMILES string of the molecule is CCNC(=NCc1ccc(C)cc1OCCCOC)NCCc1cccc(C(=O)NC)c1.I. The smallest absolute Gasteiger partial charge is 0.251 e. The molecule has 0 fully saturated rings. The zero-order valence-electron chi connectivity index (χ0n) is 20.1. The molecule has 0 heterocycles. The van der Waals surface area contributed by atoms with Gasteiger partial charge in [-0.3, -0.25) is 4.79 Å². The van der Waals surface area contributed by atoms with Crippen LogP contribution in [0.15, 0.2) is 47.5 Å². The molecule has 2 rings (SSSR count). The van der Waals surface area contributed by atoms with Gasteiger partial charge in [0.25, 0.3) is 5.91 Å². The number of aliphatic imine (C=N–C) groups is 1. The number of halogens is 1. The molecule has 0 aliphatic rings. The molecule has 0 unspecified atom stereocenters. The summed E-state index contributed by atoms with van der Waals surface area (Å²) >= 11 is 0. The van der Waals surface area contributed by atoms with Gasteiger partial charge in [-0.05, 0) is 49.6 Å². The minimum atomic E-state index is -0.0759. The first-order valence-electron chi connectivity index (χ1n) is 11.1. The summed E-state index contributed by atoms with van der Waals surface area (Å²) in [7, 11) is 3.33. The summed E-state index contributed by atoms with van der Waals surface area (Å²) in [6.07, 6.45) is 1.63. The van der Waals surface area contributed by atoms with Crippen molar-refractivity contribution in [3.8, 4) is 5.75 Å². The minimum absolute atomic E-state index is 0. The number of amides is 1. The van der Waals surface area contributed by atoms with Gasteiger partial charge in [0.15, 0.2) is 5.96 Å². The number of rotatable bonds is 12. The molecule has 2 aromatic rings. The van der Waals surface area contributed by atoms with E-state index in [1.165, 1.54) is 0 Å². The van der Waals surface area contributed by atoms with E-state index in [2.05, 4.69) is 41.1 Å². The fourth-order valence-electron chi connectivity index (χ4n) is 3.16. The molecule has 0 spiro atoms. The number of guanidine groups is 1. The van der Waals surface area contributed by atoms with Crippen LogP contribution in [0.3, 0.4) is 0 Å². The largest absolute Gasteiger partial charge is 0.493 e. The number of methoxy groups -OCH3 is 1. The van der Waals surface area contributed by atoms with Crippen LogP contribution < -0.4 is 20.7 Å². The van der Waals surface area contributed by atoms with Crippen molar-refractivity contribution < 1.29 is 14.3 Å². The highest BCUT2D eigenvalue weighted by Gasteiger charge is 2.07. The monoisotopic (exact) mass is 568 g/mol. The average molecular weight is 569 g/mol. The summed E-state index contributed by atoms with van der Waals surface area (Å²) in [4.78, 5) is 16.6. The molecular weight excluding hydrogens is 531 g/mol. The molecule has 0 saturated carbocycles. The summed E-state index contributed by atoms with van der Waals surface area (Å²) in [6.45, 7) is 7.38. The van der Waals surface area contributed by atoms with Crippen LogP contribution in [0.2, 0.25) is 0 Å². The topological polar surface area (TPSA) is 84.0 Å². The van der Waals surface area contributed by atoms with E-state index in [-0.39, 0.29) is 29.9 Å². The molecule has 33 heavy (non-hydrogen) atoms. The number of nitrogens with zero attached hydrogens (tertiary/aromatic N) is 1. The van der Waals surface area contributed by atoms with Gasteiger partial charge in [0.1, 0.15) is 5.75 Å². The van der Waals surface area contributed by atoms with E-state index in [1.807, 2.05) is 31.2 Å². The van der Waals surface area contributed by atoms with Crippen molar-refractivity contribution in [1.29, 1.82) is 0 Å². The first-order chi connectivity index (χ1) is 15.6. The molecule has 3 N–H and O–H groups in total. The molecule has 182 valence electrons. The van der Waals surface area contributed by atoms with E-state index in [0.29, 0.717) is 31.9 Å². The quantitative estimate of drug-likeness (QED) is 0.158. The van der Waals surface area contributed by atoms with Crippen LogP contribution in [0.25, 0.3) is 0 Å². The van der Waals surface area contributed by atoms with Crippen molar-refractivity contribution in [3.05, 3.63) is 64.7 Å². The predicted octanol–water partition coefficient (Wildman–Crippen LogP) is 3.69. The Bertz CT molecular complexity index is 890. The van der Waals surface area contributed by atoms with Crippen LogP contribution in [0.4, 0.5) is 0 Å². The second-order valence-electron chi connectivity index (χ2n) is 7.46. The second kappa shape index (κ2) is 16.3. The van der Waals surface area contributed by atoms with Gasteiger partial charge < -0.3 is 25.4 Å². The van der Waals surface area contributed by atoms with Crippen molar-refractivity contribution >= 4 is 35.8 Å². The van der Waals surface area contributed by atoms with Gasteiger partial charge in [-0.2, -0.15) is 0 Å². The zero-order valence-corrected chi connectivity index (χ0v) is 22.4. The molecule has 8 heteroatoms. The van der Waals surface area contributed by atoms with Crippen LogP contribution in [0, 0.1) is 6.92 Å². The van der Waals surface area contributed by atoms with E-state index in [0.717, 1.165) is 47.8 Å². The summed E-state index contributed by atoms with van der Waals surface area (Å²) < 4.78 is 11.1. The second-order valence-corrected chi connectivity index (χ2v) is 7.46. The van der Waals surface area contributed by atoms with Gasteiger partial charge in [-0.1, -0.05) is 24.3 Å². The van der Waals surface area contributed by atoms with Crippen LogP contribution in [-0.4, -0.2) is 52.3 Å². The lowest BCUT2D eigenvalue weighted by molar-refractivity contribution is 0.0963. The lowest BCUT2D eigenvalue weighted by Gasteiger charge is -2.14. The Labute approximate surface area is 214 Å². The van der Waals surface area contributed by atoms with Gasteiger partial charge in [0.2, 0.25) is 0 Å². The Morgan fingerprint density at radius 3 is 2.64 bits per heavy atom. The summed E-state index contributed by atoms with van der Waals surface area (Å²) in [5.41, 5.74) is 3.97. The van der Waals surface area contributed by atoms with Crippen LogP contribution in [0.1, 0.15) is 40.4 Å². The number of benzene rings is 2. The number of nitrogens with one attached hydrogen (secondary N) is 3. The molecule has 0 aliphatic carbocycles. The van der Waals surface area contributed by atoms with Crippen molar-refractivity contribution in [3.63, 3.8) is 0 Å². The molecule has 2 aromatic carbocycles. The Morgan fingerprint density at radius 2 is 1.91 bits per heavy atom. The third kappa shape index (κ3) is 10.4. The highest BCUT2D eigenvalue weighted by molar-refractivity contribution is 14.0. The van der Waals surface area contributed by atoms with E-state index in [1.54, 1.807) is 14.2 Å². The van der Waals surface area contributed by atoms with Crippen molar-refractivity contribution in [2.75, 3.05) is 40.5 Å². The van der Waals surface area contributed by atoms with Crippen molar-refractivity contribution in [2.45, 2.75) is 33.2 Å². The third-order valence-electron chi connectivity index (χ3n) is 4.85. The summed E-state index contributed by atoms with van der Waals surface area (Å²) in [6, 6.07) is 13.9. The first kappa shape index (κ1) is 28.7. The zero-order chi connectivity index (χ0) is 23.2. The van der Waals surface area contributed by atoms with Crippen molar-refractivity contribution in [1.82, 2.24) is 16.0 Å². The Morgan fingerprint density at radius 1 is 1.09 bits per heavy atom. The van der Waals surface area contributed by atoms with Gasteiger partial charge >= 0.3 is 0 Å². The van der Waals surface area contributed by atoms with Gasteiger partial charge in [-0.15, -0.1) is 24.0 Å². The number of aryl methyl sites for hydroxylation is 1.